The van der Waals surface area contributed by atoms with Crippen LogP contribution in [0.3, 0.4) is 0 Å². The zero-order valence-electron chi connectivity index (χ0n) is 14.2. The van der Waals surface area contributed by atoms with Crippen LogP contribution >= 0.6 is 0 Å². The highest BCUT2D eigenvalue weighted by molar-refractivity contribution is 4.63. The minimum Gasteiger partial charge on any atom is -0.379 e. The Labute approximate surface area is 135 Å². The molecule has 22 heavy (non-hydrogen) atoms. The van der Waals surface area contributed by atoms with Crippen LogP contribution in [0.4, 0.5) is 0 Å². The quantitative estimate of drug-likeness (QED) is 0.271. The van der Waals surface area contributed by atoms with Crippen LogP contribution in [0, 0.1) is 0 Å². The summed E-state index contributed by atoms with van der Waals surface area (Å²) in [7, 11) is 0. The van der Waals surface area contributed by atoms with E-state index in [1.165, 1.54) is 19.3 Å². The highest BCUT2D eigenvalue weighted by atomic mass is 16.6. The highest BCUT2D eigenvalue weighted by Crippen LogP contribution is 1.98. The van der Waals surface area contributed by atoms with E-state index in [9.17, 15) is 0 Å². The molecular formula is C17H34O5. The summed E-state index contributed by atoms with van der Waals surface area (Å²) in [5.41, 5.74) is 0. The van der Waals surface area contributed by atoms with E-state index in [1.54, 1.807) is 6.08 Å². The molecule has 0 aromatic carbocycles. The van der Waals surface area contributed by atoms with E-state index < -0.39 is 0 Å². The zero-order chi connectivity index (χ0) is 16.1. The van der Waals surface area contributed by atoms with Crippen molar-refractivity contribution in [2.75, 3.05) is 66.1 Å². The number of rotatable bonds is 19. The SMILES string of the molecule is C=CCOCCOCCOCCOCCOCCCCCC. The van der Waals surface area contributed by atoms with Crippen molar-refractivity contribution < 1.29 is 23.7 Å². The van der Waals surface area contributed by atoms with Crippen molar-refractivity contribution in [1.82, 2.24) is 0 Å². The lowest BCUT2D eigenvalue weighted by molar-refractivity contribution is -0.00958. The number of ether oxygens (including phenoxy) is 5. The van der Waals surface area contributed by atoms with Gasteiger partial charge in [0.05, 0.1) is 59.5 Å². The standard InChI is InChI=1S/C17H34O5/c1-3-5-6-7-9-19-11-13-21-15-17-22-16-14-20-12-10-18-8-4-2/h4H,2-3,5-17H2,1H3. The van der Waals surface area contributed by atoms with Gasteiger partial charge in [-0.05, 0) is 6.42 Å². The summed E-state index contributed by atoms with van der Waals surface area (Å²) in [4.78, 5) is 0. The average molecular weight is 318 g/mol. The van der Waals surface area contributed by atoms with Gasteiger partial charge in [-0.1, -0.05) is 32.3 Å². The molecule has 0 aliphatic heterocycles. The zero-order valence-corrected chi connectivity index (χ0v) is 14.2. The van der Waals surface area contributed by atoms with Gasteiger partial charge in [0.25, 0.3) is 0 Å². The fourth-order valence-electron chi connectivity index (χ4n) is 1.68. The van der Waals surface area contributed by atoms with Crippen LogP contribution in [0.5, 0.6) is 0 Å². The molecule has 0 heterocycles. The maximum atomic E-state index is 5.48. The van der Waals surface area contributed by atoms with Crippen LogP contribution in [0.15, 0.2) is 12.7 Å². The molecule has 0 aliphatic rings. The van der Waals surface area contributed by atoms with Gasteiger partial charge in [0, 0.05) is 6.61 Å². The fourth-order valence-corrected chi connectivity index (χ4v) is 1.68. The third-order valence-corrected chi connectivity index (χ3v) is 2.87. The van der Waals surface area contributed by atoms with Gasteiger partial charge < -0.3 is 23.7 Å². The third kappa shape index (κ3) is 19.5. The molecule has 0 atom stereocenters. The maximum Gasteiger partial charge on any atom is 0.0704 e. The summed E-state index contributed by atoms with van der Waals surface area (Å²) in [6, 6.07) is 0. The summed E-state index contributed by atoms with van der Waals surface area (Å²) in [6.07, 6.45) is 6.68. The van der Waals surface area contributed by atoms with E-state index in [0.29, 0.717) is 59.5 Å². The summed E-state index contributed by atoms with van der Waals surface area (Å²) in [5.74, 6) is 0. The molecule has 132 valence electrons. The second-order valence-corrected chi connectivity index (χ2v) is 4.87. The lowest BCUT2D eigenvalue weighted by Crippen LogP contribution is -2.13. The van der Waals surface area contributed by atoms with Crippen molar-refractivity contribution >= 4 is 0 Å². The molecule has 0 amide bonds. The molecular weight excluding hydrogens is 284 g/mol. The van der Waals surface area contributed by atoms with Crippen LogP contribution < -0.4 is 0 Å². The number of unbranched alkanes of at least 4 members (excludes halogenated alkanes) is 3. The maximum absolute atomic E-state index is 5.48. The minimum absolute atomic E-state index is 0.569. The van der Waals surface area contributed by atoms with Gasteiger partial charge in [0.1, 0.15) is 0 Å². The lowest BCUT2D eigenvalue weighted by Gasteiger charge is -2.07. The second-order valence-electron chi connectivity index (χ2n) is 4.87. The molecule has 0 aromatic heterocycles. The first-order chi connectivity index (χ1) is 10.9. The van der Waals surface area contributed by atoms with Gasteiger partial charge in [-0.25, -0.2) is 0 Å². The van der Waals surface area contributed by atoms with Crippen molar-refractivity contribution in [2.45, 2.75) is 32.6 Å². The molecule has 0 unspecified atom stereocenters. The smallest absolute Gasteiger partial charge is 0.0704 e. The van der Waals surface area contributed by atoms with E-state index in [-0.39, 0.29) is 0 Å². The molecule has 0 fully saturated rings. The topological polar surface area (TPSA) is 46.2 Å². The normalized spacial score (nSPS) is 11.0. The Balaban J connectivity index is 2.92. The predicted molar refractivity (Wildman–Crippen MR) is 88.4 cm³/mol. The molecule has 0 aromatic rings. The van der Waals surface area contributed by atoms with Crippen molar-refractivity contribution in [3.05, 3.63) is 12.7 Å². The van der Waals surface area contributed by atoms with E-state index in [1.807, 2.05) is 0 Å². The molecule has 0 saturated carbocycles. The predicted octanol–water partition coefficient (Wildman–Crippen LogP) is 2.84. The van der Waals surface area contributed by atoms with Gasteiger partial charge in [-0.2, -0.15) is 0 Å². The van der Waals surface area contributed by atoms with Crippen LogP contribution in [-0.2, 0) is 23.7 Å². The van der Waals surface area contributed by atoms with E-state index in [0.717, 1.165) is 13.0 Å². The first-order valence-electron chi connectivity index (χ1n) is 8.41. The van der Waals surface area contributed by atoms with Crippen molar-refractivity contribution in [3.8, 4) is 0 Å². The summed E-state index contributed by atoms with van der Waals surface area (Å²) < 4.78 is 26.8. The summed E-state index contributed by atoms with van der Waals surface area (Å²) >= 11 is 0. The van der Waals surface area contributed by atoms with Crippen LogP contribution in [-0.4, -0.2) is 66.1 Å². The molecule has 0 aliphatic carbocycles. The Bertz CT molecular complexity index is 211. The molecule has 0 bridgehead atoms. The van der Waals surface area contributed by atoms with E-state index >= 15 is 0 Å². The van der Waals surface area contributed by atoms with Gasteiger partial charge in [-0.15, -0.1) is 6.58 Å². The molecule has 5 heteroatoms. The fraction of sp³-hybridized carbons (Fsp3) is 0.882. The van der Waals surface area contributed by atoms with Crippen molar-refractivity contribution in [2.24, 2.45) is 0 Å². The Morgan fingerprint density at radius 1 is 0.591 bits per heavy atom. The first-order valence-corrected chi connectivity index (χ1v) is 8.41. The number of hydrogen-bond acceptors (Lipinski definition) is 5. The largest absolute Gasteiger partial charge is 0.379 e. The van der Waals surface area contributed by atoms with Crippen molar-refractivity contribution in [1.29, 1.82) is 0 Å². The minimum atomic E-state index is 0.569. The second kappa shape index (κ2) is 20.5. The van der Waals surface area contributed by atoms with Gasteiger partial charge in [0.2, 0.25) is 0 Å². The molecule has 5 nitrogen and oxygen atoms in total. The molecule has 0 spiro atoms. The summed E-state index contributed by atoms with van der Waals surface area (Å²) in [6.45, 7) is 12.0. The Morgan fingerprint density at radius 2 is 1.05 bits per heavy atom. The molecule has 0 radical (unpaired) electrons. The van der Waals surface area contributed by atoms with Gasteiger partial charge in [-0.3, -0.25) is 0 Å². The Hall–Kier alpha value is -0.460. The third-order valence-electron chi connectivity index (χ3n) is 2.87. The lowest BCUT2D eigenvalue weighted by atomic mass is 10.2. The molecule has 0 N–H and O–H groups in total. The monoisotopic (exact) mass is 318 g/mol. The molecule has 0 rings (SSSR count). The number of hydrogen-bond donors (Lipinski definition) is 0. The van der Waals surface area contributed by atoms with Gasteiger partial charge in [0.15, 0.2) is 0 Å². The molecule has 0 saturated heterocycles. The van der Waals surface area contributed by atoms with Crippen molar-refractivity contribution in [3.63, 3.8) is 0 Å². The summed E-state index contributed by atoms with van der Waals surface area (Å²) in [5, 5.41) is 0. The first kappa shape index (κ1) is 21.5. The van der Waals surface area contributed by atoms with Crippen LogP contribution in [0.1, 0.15) is 32.6 Å². The Morgan fingerprint density at radius 3 is 1.50 bits per heavy atom. The van der Waals surface area contributed by atoms with Crippen LogP contribution in [0.25, 0.3) is 0 Å². The Kier molecular flexibility index (Phi) is 20.1. The van der Waals surface area contributed by atoms with E-state index in [4.69, 9.17) is 23.7 Å². The van der Waals surface area contributed by atoms with E-state index in [2.05, 4.69) is 13.5 Å². The van der Waals surface area contributed by atoms with Crippen LogP contribution in [0.2, 0.25) is 0 Å². The highest BCUT2D eigenvalue weighted by Gasteiger charge is 1.93. The van der Waals surface area contributed by atoms with Gasteiger partial charge >= 0.3 is 0 Å². The average Bonchev–Trinajstić information content (AvgIpc) is 2.54.